The highest BCUT2D eigenvalue weighted by Gasteiger charge is 2.39. The van der Waals surface area contributed by atoms with Crippen LogP contribution < -0.4 is 4.90 Å². The second kappa shape index (κ2) is 7.13. The standard InChI is InChI=1S/C17H23N5OS/c1-2-6-18-15(4-1)10-21-7-3-5-17(11-21)12-22(8-9-23-13-17)16-20-19-14-24-16/h1-2,4,6,14H,3,5,7-13H2/t17-/m0/s1. The van der Waals surface area contributed by atoms with Crippen molar-refractivity contribution in [2.45, 2.75) is 19.4 Å². The topological polar surface area (TPSA) is 54.4 Å². The predicted molar refractivity (Wildman–Crippen MR) is 94.1 cm³/mol. The van der Waals surface area contributed by atoms with Crippen LogP contribution in [0.25, 0.3) is 0 Å². The summed E-state index contributed by atoms with van der Waals surface area (Å²) in [4.78, 5) is 9.36. The van der Waals surface area contributed by atoms with Gasteiger partial charge in [0.25, 0.3) is 0 Å². The summed E-state index contributed by atoms with van der Waals surface area (Å²) in [7, 11) is 0. The fourth-order valence-corrected chi connectivity index (χ4v) is 4.46. The lowest BCUT2D eigenvalue weighted by Gasteiger charge is -2.43. The zero-order valence-corrected chi connectivity index (χ0v) is 14.6. The van der Waals surface area contributed by atoms with Gasteiger partial charge in [0.1, 0.15) is 5.51 Å². The van der Waals surface area contributed by atoms with Crippen LogP contribution in [0.5, 0.6) is 0 Å². The molecule has 0 radical (unpaired) electrons. The molecule has 2 fully saturated rings. The van der Waals surface area contributed by atoms with E-state index >= 15 is 0 Å². The van der Waals surface area contributed by atoms with Crippen molar-refractivity contribution in [1.29, 1.82) is 0 Å². The number of pyridine rings is 1. The van der Waals surface area contributed by atoms with Crippen LogP contribution in [0.15, 0.2) is 29.9 Å². The summed E-state index contributed by atoms with van der Waals surface area (Å²) in [6, 6.07) is 6.15. The summed E-state index contributed by atoms with van der Waals surface area (Å²) in [6.45, 7) is 6.61. The molecule has 2 aromatic heterocycles. The summed E-state index contributed by atoms with van der Waals surface area (Å²) in [5, 5.41) is 9.28. The molecule has 4 rings (SSSR count). The van der Waals surface area contributed by atoms with E-state index in [-0.39, 0.29) is 5.41 Å². The first-order valence-electron chi connectivity index (χ1n) is 8.54. The maximum absolute atomic E-state index is 5.99. The minimum absolute atomic E-state index is 0.176. The second-order valence-corrected chi connectivity index (χ2v) is 7.64. The fourth-order valence-electron chi connectivity index (χ4n) is 3.87. The van der Waals surface area contributed by atoms with E-state index in [9.17, 15) is 0 Å². The van der Waals surface area contributed by atoms with Crippen LogP contribution in [0.3, 0.4) is 0 Å². The molecule has 1 atom stereocenters. The van der Waals surface area contributed by atoms with E-state index in [1.54, 1.807) is 11.3 Å². The molecule has 7 heteroatoms. The third-order valence-electron chi connectivity index (χ3n) is 4.91. The SMILES string of the molecule is c1ccc(CN2CCC[C@]3(COCCN(c4nncs4)C3)C2)nc1. The molecule has 0 N–H and O–H groups in total. The average Bonchev–Trinajstić information content (AvgIpc) is 3.07. The van der Waals surface area contributed by atoms with Crippen LogP contribution in [0.2, 0.25) is 0 Å². The Morgan fingerprint density at radius 2 is 2.25 bits per heavy atom. The Bertz CT molecular complexity index is 638. The largest absolute Gasteiger partial charge is 0.379 e. The van der Waals surface area contributed by atoms with Gasteiger partial charge in [-0.15, -0.1) is 10.2 Å². The number of hydrogen-bond donors (Lipinski definition) is 0. The molecule has 24 heavy (non-hydrogen) atoms. The molecule has 2 aromatic rings. The molecule has 1 spiro atoms. The first-order chi connectivity index (χ1) is 11.8. The van der Waals surface area contributed by atoms with Gasteiger partial charge in [-0.05, 0) is 31.5 Å². The molecule has 6 nitrogen and oxygen atoms in total. The minimum atomic E-state index is 0.176. The second-order valence-electron chi connectivity index (χ2n) is 6.83. The highest BCUT2D eigenvalue weighted by Crippen LogP contribution is 2.35. The van der Waals surface area contributed by atoms with Crippen LogP contribution in [-0.2, 0) is 11.3 Å². The summed E-state index contributed by atoms with van der Waals surface area (Å²) in [6.07, 6.45) is 4.29. The molecule has 0 saturated carbocycles. The first kappa shape index (κ1) is 15.9. The van der Waals surface area contributed by atoms with Gasteiger partial charge in [0.15, 0.2) is 0 Å². The number of rotatable bonds is 3. The zero-order chi connectivity index (χ0) is 16.2. The molecule has 2 aliphatic rings. The Labute approximate surface area is 146 Å². The van der Waals surface area contributed by atoms with Crippen molar-refractivity contribution < 1.29 is 4.74 Å². The van der Waals surface area contributed by atoms with E-state index < -0.39 is 0 Å². The van der Waals surface area contributed by atoms with Crippen LogP contribution in [0, 0.1) is 5.41 Å². The van der Waals surface area contributed by atoms with Crippen molar-refractivity contribution in [2.75, 3.05) is 44.3 Å². The molecular formula is C17H23N5OS. The van der Waals surface area contributed by atoms with Gasteiger partial charge in [0, 0.05) is 37.8 Å². The lowest BCUT2D eigenvalue weighted by Crippen LogP contribution is -2.50. The number of hydrogen-bond acceptors (Lipinski definition) is 7. The third-order valence-corrected chi connectivity index (χ3v) is 5.66. The van der Waals surface area contributed by atoms with E-state index in [1.807, 2.05) is 17.8 Å². The molecular weight excluding hydrogens is 322 g/mol. The highest BCUT2D eigenvalue weighted by atomic mass is 32.1. The van der Waals surface area contributed by atoms with Crippen molar-refractivity contribution in [3.63, 3.8) is 0 Å². The molecule has 4 heterocycles. The summed E-state index contributed by atoms with van der Waals surface area (Å²) >= 11 is 1.61. The summed E-state index contributed by atoms with van der Waals surface area (Å²) in [5.41, 5.74) is 3.13. The maximum atomic E-state index is 5.99. The lowest BCUT2D eigenvalue weighted by molar-refractivity contribution is 0.0103. The molecule has 2 aliphatic heterocycles. The number of likely N-dealkylation sites (tertiary alicyclic amines) is 1. The van der Waals surface area contributed by atoms with Crippen molar-refractivity contribution in [2.24, 2.45) is 5.41 Å². The molecule has 0 bridgehead atoms. The number of piperidine rings is 1. The van der Waals surface area contributed by atoms with Crippen LogP contribution in [0.1, 0.15) is 18.5 Å². The summed E-state index contributed by atoms with van der Waals surface area (Å²) < 4.78 is 5.99. The van der Waals surface area contributed by atoms with Gasteiger partial charge in [0.05, 0.1) is 18.9 Å². The number of nitrogens with zero attached hydrogens (tertiary/aromatic N) is 5. The maximum Gasteiger partial charge on any atom is 0.208 e. The smallest absolute Gasteiger partial charge is 0.208 e. The average molecular weight is 345 g/mol. The van der Waals surface area contributed by atoms with Crippen LogP contribution in [-0.4, -0.2) is 59.5 Å². The van der Waals surface area contributed by atoms with Crippen molar-refractivity contribution >= 4 is 16.5 Å². The van der Waals surface area contributed by atoms with E-state index in [0.717, 1.165) is 56.8 Å². The van der Waals surface area contributed by atoms with Gasteiger partial charge in [-0.25, -0.2) is 0 Å². The van der Waals surface area contributed by atoms with Crippen LogP contribution in [0.4, 0.5) is 5.13 Å². The fraction of sp³-hybridized carbons (Fsp3) is 0.588. The van der Waals surface area contributed by atoms with Gasteiger partial charge in [-0.2, -0.15) is 0 Å². The van der Waals surface area contributed by atoms with Crippen molar-refractivity contribution in [3.05, 3.63) is 35.6 Å². The molecule has 0 unspecified atom stereocenters. The number of anilines is 1. The normalized spacial score (nSPS) is 25.8. The molecule has 0 aromatic carbocycles. The Morgan fingerprint density at radius 1 is 1.25 bits per heavy atom. The first-order valence-corrected chi connectivity index (χ1v) is 9.42. The molecule has 128 valence electrons. The minimum Gasteiger partial charge on any atom is -0.379 e. The monoisotopic (exact) mass is 345 g/mol. The van der Waals surface area contributed by atoms with Gasteiger partial charge in [-0.3, -0.25) is 9.88 Å². The van der Waals surface area contributed by atoms with Crippen molar-refractivity contribution in [1.82, 2.24) is 20.1 Å². The highest BCUT2D eigenvalue weighted by molar-refractivity contribution is 7.13. The van der Waals surface area contributed by atoms with E-state index in [1.165, 1.54) is 12.8 Å². The Balaban J connectivity index is 1.48. The number of aromatic nitrogens is 3. The van der Waals surface area contributed by atoms with Gasteiger partial charge in [0.2, 0.25) is 5.13 Å². The molecule has 0 aliphatic carbocycles. The van der Waals surface area contributed by atoms with Crippen LogP contribution >= 0.6 is 11.3 Å². The number of ether oxygens (including phenoxy) is 1. The Kier molecular flexibility index (Phi) is 4.73. The third kappa shape index (κ3) is 3.58. The van der Waals surface area contributed by atoms with Gasteiger partial charge >= 0.3 is 0 Å². The molecule has 2 saturated heterocycles. The van der Waals surface area contributed by atoms with E-state index in [0.29, 0.717) is 0 Å². The Hall–Kier alpha value is -1.57. The summed E-state index contributed by atoms with van der Waals surface area (Å²) in [5.74, 6) is 0. The van der Waals surface area contributed by atoms with E-state index in [2.05, 4.69) is 37.1 Å². The van der Waals surface area contributed by atoms with Gasteiger partial charge < -0.3 is 9.64 Å². The quantitative estimate of drug-likeness (QED) is 0.849. The zero-order valence-electron chi connectivity index (χ0n) is 13.8. The van der Waals surface area contributed by atoms with Gasteiger partial charge in [-0.1, -0.05) is 17.4 Å². The van der Waals surface area contributed by atoms with E-state index in [4.69, 9.17) is 4.74 Å². The Morgan fingerprint density at radius 3 is 3.08 bits per heavy atom. The predicted octanol–water partition coefficient (Wildman–Crippen LogP) is 2.05. The van der Waals surface area contributed by atoms with Crippen molar-refractivity contribution in [3.8, 4) is 0 Å². The molecule has 0 amide bonds. The lowest BCUT2D eigenvalue weighted by atomic mass is 9.80.